The highest BCUT2D eigenvalue weighted by Gasteiger charge is 2.55. The number of carbonyl (C=O) groups is 2. The summed E-state index contributed by atoms with van der Waals surface area (Å²) in [6.07, 6.45) is 10.4. The molecule has 0 N–H and O–H groups in total. The van der Waals surface area contributed by atoms with Gasteiger partial charge in [-0.05, 0) is 120 Å². The van der Waals surface area contributed by atoms with E-state index < -0.39 is 10.8 Å². The van der Waals surface area contributed by atoms with Crippen molar-refractivity contribution < 1.29 is 47.5 Å². The number of thiophene rings is 4. The number of aldehydes is 2. The first-order valence-electron chi connectivity index (χ1n) is 28.5. The van der Waals surface area contributed by atoms with Crippen molar-refractivity contribution in [3.8, 4) is 42.5 Å². The summed E-state index contributed by atoms with van der Waals surface area (Å²) >= 11 is 6.72. The molecule has 10 rings (SSSR count). The minimum atomic E-state index is -0.851. The van der Waals surface area contributed by atoms with Crippen LogP contribution in [0.4, 0.5) is 0 Å². The van der Waals surface area contributed by atoms with Gasteiger partial charge in [0.25, 0.3) is 0 Å². The molecule has 0 atom stereocenters. The Bertz CT molecular complexity index is 2940. The van der Waals surface area contributed by atoms with Crippen molar-refractivity contribution in [1.82, 2.24) is 0 Å². The van der Waals surface area contributed by atoms with Crippen molar-refractivity contribution in [2.45, 2.75) is 89.9 Å². The van der Waals surface area contributed by atoms with E-state index in [2.05, 4.69) is 137 Å². The van der Waals surface area contributed by atoms with E-state index >= 15 is 0 Å². The van der Waals surface area contributed by atoms with Crippen LogP contribution in [0.3, 0.4) is 0 Å². The molecule has 0 radical (unpaired) electrons. The standard InChI is InChI=1S/C66H72O10S4/c1-5-9-29-69-33-37-73-49-21-13-45(14-22-49)65(46-15-23-50(24-16-46)74-38-34-70-30-10-6-2)55-41-53(43-67)77-59(55)61-57(65)63-64(79-61)58-62(80-63)60-56(42-54(44-68)78-60)66(58,47-17-25-51(26-18-47)75-39-35-71-31-11-7-3)48-19-27-52(28-20-48)76-40-36-72-32-12-8-4/h13-28,41-44H,5-12,29-40H2,1-4H3. The first-order valence-corrected chi connectivity index (χ1v) is 31.7. The molecule has 2 aliphatic rings. The molecule has 80 heavy (non-hydrogen) atoms. The lowest BCUT2D eigenvalue weighted by Crippen LogP contribution is -2.29. The maximum absolute atomic E-state index is 13.0. The third-order valence-electron chi connectivity index (χ3n) is 14.9. The Labute approximate surface area is 486 Å². The Hall–Kier alpha value is -5.68. The molecule has 4 heterocycles. The van der Waals surface area contributed by atoms with Gasteiger partial charge in [0.1, 0.15) is 49.4 Å². The summed E-state index contributed by atoms with van der Waals surface area (Å²) in [6.45, 7) is 15.3. The molecule has 0 bridgehead atoms. The summed E-state index contributed by atoms with van der Waals surface area (Å²) in [6, 6.07) is 38.2. The van der Waals surface area contributed by atoms with E-state index in [9.17, 15) is 9.59 Å². The van der Waals surface area contributed by atoms with Crippen molar-refractivity contribution >= 4 is 67.3 Å². The number of carbonyl (C=O) groups excluding carboxylic acids is 2. The van der Waals surface area contributed by atoms with Gasteiger partial charge in [-0.1, -0.05) is 102 Å². The number of fused-ring (bicyclic) bond motifs is 9. The zero-order chi connectivity index (χ0) is 55.3. The molecule has 0 spiro atoms. The molecule has 0 amide bonds. The lowest BCUT2D eigenvalue weighted by atomic mass is 9.67. The van der Waals surface area contributed by atoms with Crippen molar-refractivity contribution in [3.63, 3.8) is 0 Å². The third kappa shape index (κ3) is 11.6. The van der Waals surface area contributed by atoms with E-state index in [1.165, 1.54) is 20.5 Å². The van der Waals surface area contributed by atoms with Gasteiger partial charge < -0.3 is 37.9 Å². The van der Waals surface area contributed by atoms with Gasteiger partial charge in [-0.3, -0.25) is 9.59 Å². The van der Waals surface area contributed by atoms with Crippen LogP contribution < -0.4 is 18.9 Å². The molecule has 0 aliphatic heterocycles. The molecule has 0 saturated heterocycles. The van der Waals surface area contributed by atoms with Crippen LogP contribution in [0.1, 0.15) is 143 Å². The van der Waals surface area contributed by atoms with Crippen LogP contribution >= 0.6 is 45.3 Å². The zero-order valence-electron chi connectivity index (χ0n) is 46.4. The van der Waals surface area contributed by atoms with Crippen LogP contribution in [-0.4, -0.2) is 91.9 Å². The predicted molar refractivity (Wildman–Crippen MR) is 326 cm³/mol. The molecule has 420 valence electrons. The van der Waals surface area contributed by atoms with Gasteiger partial charge in [0, 0.05) is 37.6 Å². The summed E-state index contributed by atoms with van der Waals surface area (Å²) in [7, 11) is 0. The minimum Gasteiger partial charge on any atom is -0.491 e. The van der Waals surface area contributed by atoms with Crippen LogP contribution in [0.15, 0.2) is 109 Å². The fourth-order valence-corrected chi connectivity index (χ4v) is 16.5. The number of hydrogen-bond acceptors (Lipinski definition) is 14. The van der Waals surface area contributed by atoms with Gasteiger partial charge in [-0.25, -0.2) is 0 Å². The van der Waals surface area contributed by atoms with E-state index in [0.29, 0.717) is 89.0 Å². The average molecular weight is 1150 g/mol. The van der Waals surface area contributed by atoms with Crippen LogP contribution in [0, 0.1) is 0 Å². The molecule has 14 heteroatoms. The summed E-state index contributed by atoms with van der Waals surface area (Å²) in [5, 5.41) is 0. The number of unbranched alkanes of at least 4 members (excludes halogenated alkanes) is 4. The second-order valence-electron chi connectivity index (χ2n) is 20.1. The molecule has 2 aliphatic carbocycles. The Morgan fingerprint density at radius 3 is 0.875 bits per heavy atom. The van der Waals surface area contributed by atoms with E-state index in [0.717, 1.165) is 140 Å². The van der Waals surface area contributed by atoms with Crippen LogP contribution in [0.2, 0.25) is 0 Å². The van der Waals surface area contributed by atoms with Gasteiger partial charge in [0.15, 0.2) is 12.6 Å². The summed E-state index contributed by atoms with van der Waals surface area (Å²) in [4.78, 5) is 31.7. The molecule has 0 saturated carbocycles. The fraction of sp³-hybridized carbons (Fsp3) is 0.394. The smallest absolute Gasteiger partial charge is 0.160 e. The number of benzene rings is 4. The van der Waals surface area contributed by atoms with Crippen molar-refractivity contribution in [2.75, 3.05) is 79.3 Å². The lowest BCUT2D eigenvalue weighted by Gasteiger charge is -2.34. The zero-order valence-corrected chi connectivity index (χ0v) is 49.7. The Kier molecular flexibility index (Phi) is 19.7. The van der Waals surface area contributed by atoms with Crippen molar-refractivity contribution in [2.24, 2.45) is 0 Å². The quantitative estimate of drug-likeness (QED) is 0.0286. The van der Waals surface area contributed by atoms with E-state index in [1.807, 2.05) is 0 Å². The average Bonchev–Trinajstić information content (AvgIpc) is 3.77. The topological polar surface area (TPSA) is 108 Å². The Balaban J connectivity index is 1.14. The van der Waals surface area contributed by atoms with Gasteiger partial charge in [-0.2, -0.15) is 0 Å². The van der Waals surface area contributed by atoms with Crippen LogP contribution in [0.25, 0.3) is 28.9 Å². The summed E-state index contributed by atoms with van der Waals surface area (Å²) < 4.78 is 50.8. The largest absolute Gasteiger partial charge is 0.491 e. The normalized spacial score (nSPS) is 13.5. The van der Waals surface area contributed by atoms with Gasteiger partial charge in [-0.15, -0.1) is 45.3 Å². The Morgan fingerprint density at radius 2 is 0.625 bits per heavy atom. The van der Waals surface area contributed by atoms with E-state index in [4.69, 9.17) is 37.9 Å². The fourth-order valence-electron chi connectivity index (χ4n) is 11.0. The van der Waals surface area contributed by atoms with Crippen LogP contribution in [-0.2, 0) is 29.8 Å². The van der Waals surface area contributed by atoms with Gasteiger partial charge >= 0.3 is 0 Å². The Morgan fingerprint density at radius 1 is 0.350 bits per heavy atom. The van der Waals surface area contributed by atoms with Gasteiger partial charge in [0.2, 0.25) is 0 Å². The number of hydrogen-bond donors (Lipinski definition) is 0. The highest BCUT2D eigenvalue weighted by atomic mass is 32.1. The minimum absolute atomic E-state index is 0.443. The number of rotatable bonds is 34. The highest BCUT2D eigenvalue weighted by molar-refractivity contribution is 7.34. The van der Waals surface area contributed by atoms with Crippen LogP contribution in [0.5, 0.6) is 23.0 Å². The molecular weight excluding hydrogens is 1080 g/mol. The molecule has 4 aromatic carbocycles. The number of ether oxygens (including phenoxy) is 8. The monoisotopic (exact) mass is 1150 g/mol. The van der Waals surface area contributed by atoms with E-state index in [1.54, 1.807) is 45.3 Å². The van der Waals surface area contributed by atoms with Gasteiger partial charge in [0.05, 0.1) is 75.9 Å². The van der Waals surface area contributed by atoms with Crippen molar-refractivity contribution in [3.05, 3.63) is 163 Å². The second kappa shape index (κ2) is 27.4. The second-order valence-corrected chi connectivity index (χ2v) is 24.4. The maximum Gasteiger partial charge on any atom is 0.160 e. The third-order valence-corrected chi connectivity index (χ3v) is 19.9. The first-order chi connectivity index (χ1) is 39.4. The maximum atomic E-state index is 13.0. The van der Waals surface area contributed by atoms with Crippen molar-refractivity contribution in [1.29, 1.82) is 0 Å². The lowest BCUT2D eigenvalue weighted by molar-refractivity contribution is 0.0980. The molecular formula is C66H72O10S4. The predicted octanol–water partition coefficient (Wildman–Crippen LogP) is 16.2. The molecule has 10 nitrogen and oxygen atoms in total. The molecule has 8 aromatic rings. The SMILES string of the molecule is CCCCOCCOc1ccc(C2(c3ccc(OCCOCCCC)cc3)c3cc(C=O)sc3-c3sc4c5c(sc4c32)-c2sc(C=O)cc2C5(c2ccc(OCCOCCCC)cc2)c2ccc(OCCOCCCC)cc2)cc1. The molecule has 0 fully saturated rings. The summed E-state index contributed by atoms with van der Waals surface area (Å²) in [5.74, 6) is 3.02. The highest BCUT2D eigenvalue weighted by Crippen LogP contribution is 2.70. The summed E-state index contributed by atoms with van der Waals surface area (Å²) in [5.41, 5.74) is 7.01. The molecule has 0 unspecified atom stereocenters. The van der Waals surface area contributed by atoms with E-state index in [-0.39, 0.29) is 0 Å². The first kappa shape index (κ1) is 57.6. The molecule has 4 aromatic heterocycles.